The highest BCUT2D eigenvalue weighted by Crippen LogP contribution is 2.32. The number of aromatic nitrogens is 2. The zero-order valence-corrected chi connectivity index (χ0v) is 14.3. The molecule has 0 radical (unpaired) electrons. The summed E-state index contributed by atoms with van der Waals surface area (Å²) < 4.78 is 5.52. The Morgan fingerprint density at radius 3 is 2.79 bits per heavy atom. The van der Waals surface area contributed by atoms with Crippen LogP contribution in [0.2, 0.25) is 0 Å². The Morgan fingerprint density at radius 1 is 1.33 bits per heavy atom. The van der Waals surface area contributed by atoms with Gasteiger partial charge in [-0.1, -0.05) is 29.8 Å². The van der Waals surface area contributed by atoms with E-state index in [0.717, 1.165) is 36.5 Å². The summed E-state index contributed by atoms with van der Waals surface area (Å²) in [5, 5.41) is 2.95. The van der Waals surface area contributed by atoms with E-state index in [1.54, 1.807) is 0 Å². The topological polar surface area (TPSA) is 67.0 Å². The molecule has 1 amide bonds. The summed E-state index contributed by atoms with van der Waals surface area (Å²) in [6.45, 7) is 5.27. The lowest BCUT2D eigenvalue weighted by Crippen LogP contribution is -2.35. The second-order valence-corrected chi connectivity index (χ2v) is 6.51. The van der Waals surface area contributed by atoms with Crippen LogP contribution in [0, 0.1) is 12.8 Å². The van der Waals surface area contributed by atoms with Crippen molar-refractivity contribution in [3.63, 3.8) is 0 Å². The number of nitrogens with one attached hydrogen (secondary N) is 2. The van der Waals surface area contributed by atoms with Crippen molar-refractivity contribution in [2.45, 2.75) is 45.8 Å². The van der Waals surface area contributed by atoms with Crippen molar-refractivity contribution in [1.29, 1.82) is 0 Å². The minimum Gasteiger partial charge on any atom is -0.378 e. The molecule has 1 saturated carbocycles. The highest BCUT2D eigenvalue weighted by molar-refractivity contribution is 5.76. The van der Waals surface area contributed by atoms with Gasteiger partial charge in [-0.3, -0.25) is 4.79 Å². The number of hydrogen-bond acceptors (Lipinski definition) is 3. The Balaban J connectivity index is 1.44. The number of imidazole rings is 1. The van der Waals surface area contributed by atoms with Gasteiger partial charge in [-0.15, -0.1) is 0 Å². The Kier molecular flexibility index (Phi) is 5.30. The van der Waals surface area contributed by atoms with Gasteiger partial charge in [-0.05, 0) is 38.2 Å². The Bertz CT molecular complexity index is 672. The predicted octanol–water partition coefficient (Wildman–Crippen LogP) is 3.21. The number of aryl methyl sites for hydroxylation is 1. The number of carbonyl (C=O) groups excluding carboxylic acids is 1. The zero-order chi connectivity index (χ0) is 16.9. The van der Waals surface area contributed by atoms with Crippen LogP contribution < -0.4 is 5.32 Å². The standard InChI is InChI=1S/C19H25N3O2/c1-3-24-16-8-14(9-16)10-19(23)21-12-18-20-11-17(22-18)15-6-4-13(2)5-7-15/h4-7,11,14,16H,3,8-10,12H2,1-2H3,(H,20,22)(H,21,23). The minimum absolute atomic E-state index is 0.0863. The average molecular weight is 327 g/mol. The molecule has 2 aromatic rings. The van der Waals surface area contributed by atoms with E-state index >= 15 is 0 Å². The number of hydrogen-bond donors (Lipinski definition) is 2. The Morgan fingerprint density at radius 2 is 2.08 bits per heavy atom. The van der Waals surface area contributed by atoms with Crippen molar-refractivity contribution >= 4 is 5.91 Å². The molecular formula is C19H25N3O2. The van der Waals surface area contributed by atoms with Crippen LogP contribution >= 0.6 is 0 Å². The normalized spacial score (nSPS) is 19.8. The van der Waals surface area contributed by atoms with Crippen LogP contribution in [-0.2, 0) is 16.1 Å². The third-order valence-electron chi connectivity index (χ3n) is 4.51. The van der Waals surface area contributed by atoms with Gasteiger partial charge in [0.2, 0.25) is 5.91 Å². The Labute approximate surface area is 142 Å². The minimum atomic E-state index is 0.0863. The number of benzene rings is 1. The predicted molar refractivity (Wildman–Crippen MR) is 93.4 cm³/mol. The maximum atomic E-state index is 12.0. The van der Waals surface area contributed by atoms with Gasteiger partial charge in [0.25, 0.3) is 0 Å². The van der Waals surface area contributed by atoms with E-state index in [0.29, 0.717) is 25.0 Å². The summed E-state index contributed by atoms with van der Waals surface area (Å²) in [5.74, 6) is 1.32. The van der Waals surface area contributed by atoms with Gasteiger partial charge in [-0.25, -0.2) is 4.98 Å². The fraction of sp³-hybridized carbons (Fsp3) is 0.474. The lowest BCUT2D eigenvalue weighted by Gasteiger charge is -2.34. The number of ether oxygens (including phenoxy) is 1. The highest BCUT2D eigenvalue weighted by atomic mass is 16.5. The molecule has 5 heteroatoms. The smallest absolute Gasteiger partial charge is 0.220 e. The van der Waals surface area contributed by atoms with Gasteiger partial charge in [0.1, 0.15) is 5.82 Å². The van der Waals surface area contributed by atoms with E-state index in [1.165, 1.54) is 5.56 Å². The van der Waals surface area contributed by atoms with Gasteiger partial charge < -0.3 is 15.0 Å². The van der Waals surface area contributed by atoms with Crippen molar-refractivity contribution in [3.05, 3.63) is 41.9 Å². The first-order chi connectivity index (χ1) is 11.6. The van der Waals surface area contributed by atoms with Crippen molar-refractivity contribution in [3.8, 4) is 11.3 Å². The monoisotopic (exact) mass is 327 g/mol. The third-order valence-corrected chi connectivity index (χ3v) is 4.51. The van der Waals surface area contributed by atoms with E-state index in [-0.39, 0.29) is 5.91 Å². The molecule has 3 rings (SSSR count). The number of nitrogens with zero attached hydrogens (tertiary/aromatic N) is 1. The lowest BCUT2D eigenvalue weighted by molar-refractivity contribution is -0.124. The molecule has 0 saturated heterocycles. The van der Waals surface area contributed by atoms with Crippen molar-refractivity contribution < 1.29 is 9.53 Å². The molecule has 2 N–H and O–H groups in total. The summed E-state index contributed by atoms with van der Waals surface area (Å²) in [4.78, 5) is 19.6. The molecule has 24 heavy (non-hydrogen) atoms. The van der Waals surface area contributed by atoms with Crippen LogP contribution in [-0.4, -0.2) is 28.6 Å². The molecule has 1 fully saturated rings. The first-order valence-electron chi connectivity index (χ1n) is 8.63. The van der Waals surface area contributed by atoms with Gasteiger partial charge in [0.05, 0.1) is 24.5 Å². The van der Waals surface area contributed by atoms with Crippen molar-refractivity contribution in [2.75, 3.05) is 6.61 Å². The maximum absolute atomic E-state index is 12.0. The molecule has 0 spiro atoms. The number of aromatic amines is 1. The van der Waals surface area contributed by atoms with Crippen LogP contribution in [0.4, 0.5) is 0 Å². The van der Waals surface area contributed by atoms with E-state index < -0.39 is 0 Å². The van der Waals surface area contributed by atoms with Gasteiger partial charge >= 0.3 is 0 Å². The molecule has 5 nitrogen and oxygen atoms in total. The molecule has 0 aliphatic heterocycles. The number of amides is 1. The van der Waals surface area contributed by atoms with Crippen LogP contribution in [0.5, 0.6) is 0 Å². The zero-order valence-electron chi connectivity index (χ0n) is 14.3. The molecule has 1 aliphatic carbocycles. The molecule has 128 valence electrons. The van der Waals surface area contributed by atoms with E-state index in [1.807, 2.05) is 13.1 Å². The van der Waals surface area contributed by atoms with Crippen molar-refractivity contribution in [2.24, 2.45) is 5.92 Å². The molecule has 1 aliphatic rings. The fourth-order valence-corrected chi connectivity index (χ4v) is 3.06. The summed E-state index contributed by atoms with van der Waals surface area (Å²) >= 11 is 0. The highest BCUT2D eigenvalue weighted by Gasteiger charge is 2.30. The molecular weight excluding hydrogens is 302 g/mol. The Hall–Kier alpha value is -2.14. The largest absolute Gasteiger partial charge is 0.378 e. The van der Waals surface area contributed by atoms with Crippen LogP contribution in [0.1, 0.15) is 37.6 Å². The number of rotatable bonds is 7. The number of H-pyrrole nitrogens is 1. The quantitative estimate of drug-likeness (QED) is 0.820. The summed E-state index contributed by atoms with van der Waals surface area (Å²) in [6.07, 6.45) is 4.74. The SMILES string of the molecule is CCOC1CC(CC(=O)NCc2ncc(-c3ccc(C)cc3)[nH]2)C1. The molecule has 1 aromatic carbocycles. The molecule has 0 bridgehead atoms. The summed E-state index contributed by atoms with van der Waals surface area (Å²) in [7, 11) is 0. The van der Waals surface area contributed by atoms with E-state index in [2.05, 4.69) is 46.5 Å². The van der Waals surface area contributed by atoms with Gasteiger partial charge in [-0.2, -0.15) is 0 Å². The van der Waals surface area contributed by atoms with E-state index in [4.69, 9.17) is 4.74 Å². The fourth-order valence-electron chi connectivity index (χ4n) is 3.06. The van der Waals surface area contributed by atoms with Crippen LogP contribution in [0.25, 0.3) is 11.3 Å². The first kappa shape index (κ1) is 16.7. The molecule has 1 aromatic heterocycles. The summed E-state index contributed by atoms with van der Waals surface area (Å²) in [5.41, 5.74) is 3.30. The second kappa shape index (κ2) is 7.62. The second-order valence-electron chi connectivity index (χ2n) is 6.51. The van der Waals surface area contributed by atoms with Gasteiger partial charge in [0.15, 0.2) is 0 Å². The van der Waals surface area contributed by atoms with Crippen LogP contribution in [0.15, 0.2) is 30.5 Å². The van der Waals surface area contributed by atoms with Crippen molar-refractivity contribution in [1.82, 2.24) is 15.3 Å². The summed E-state index contributed by atoms with van der Waals surface area (Å²) in [6, 6.07) is 8.28. The third kappa shape index (κ3) is 4.23. The number of carbonyl (C=O) groups is 1. The molecule has 0 atom stereocenters. The average Bonchev–Trinajstić information content (AvgIpc) is 3.00. The molecule has 1 heterocycles. The first-order valence-corrected chi connectivity index (χ1v) is 8.63. The van der Waals surface area contributed by atoms with Gasteiger partial charge in [0, 0.05) is 13.0 Å². The van der Waals surface area contributed by atoms with E-state index in [9.17, 15) is 4.79 Å². The molecule has 0 unspecified atom stereocenters. The lowest BCUT2D eigenvalue weighted by atomic mass is 9.80. The van der Waals surface area contributed by atoms with Crippen LogP contribution in [0.3, 0.4) is 0 Å². The maximum Gasteiger partial charge on any atom is 0.220 e.